The molecule has 0 amide bonds. The Bertz CT molecular complexity index is 780. The molecule has 3 rings (SSSR count). The minimum absolute atomic E-state index is 0.260. The molecule has 2 aromatic carbocycles. The monoisotopic (exact) mass is 278 g/mol. The summed E-state index contributed by atoms with van der Waals surface area (Å²) in [4.78, 5) is 15.7. The van der Waals surface area contributed by atoms with E-state index in [-0.39, 0.29) is 5.56 Å². The third-order valence-corrected chi connectivity index (χ3v) is 3.32. The number of anilines is 1. The number of hydrogen-bond acceptors (Lipinski definition) is 3. The highest BCUT2D eigenvalue weighted by Crippen LogP contribution is 2.25. The van der Waals surface area contributed by atoms with E-state index in [1.165, 1.54) is 0 Å². The first-order valence-corrected chi connectivity index (χ1v) is 6.64. The zero-order valence-electron chi connectivity index (χ0n) is 11.3. The van der Waals surface area contributed by atoms with Gasteiger partial charge in [0.25, 0.3) is 0 Å². The number of aromatic nitrogens is 1. The molecule has 0 aliphatic heterocycles. The smallest absolute Gasteiger partial charge is 0.336 e. The molecule has 104 valence electrons. The number of hydrogen-bond donors (Lipinski definition) is 2. The van der Waals surface area contributed by atoms with Gasteiger partial charge in [0.2, 0.25) is 0 Å². The van der Waals surface area contributed by atoms with E-state index < -0.39 is 5.97 Å². The van der Waals surface area contributed by atoms with Gasteiger partial charge in [-0.25, -0.2) is 9.78 Å². The summed E-state index contributed by atoms with van der Waals surface area (Å²) < 4.78 is 0. The molecule has 0 fully saturated rings. The molecule has 0 radical (unpaired) electrons. The molecular formula is C17H14N2O2. The van der Waals surface area contributed by atoms with Crippen LogP contribution in [-0.2, 0) is 6.54 Å². The lowest BCUT2D eigenvalue weighted by Crippen LogP contribution is -2.05. The van der Waals surface area contributed by atoms with Gasteiger partial charge in [0.1, 0.15) is 5.82 Å². The second kappa shape index (κ2) is 5.63. The lowest BCUT2D eigenvalue weighted by Gasteiger charge is -2.10. The molecule has 3 aromatic rings. The summed E-state index contributed by atoms with van der Waals surface area (Å²) in [6, 6.07) is 17.0. The number of fused-ring (bicyclic) bond motifs is 1. The van der Waals surface area contributed by atoms with Gasteiger partial charge < -0.3 is 10.4 Å². The summed E-state index contributed by atoms with van der Waals surface area (Å²) >= 11 is 0. The van der Waals surface area contributed by atoms with Crippen molar-refractivity contribution in [3.63, 3.8) is 0 Å². The quantitative estimate of drug-likeness (QED) is 0.766. The van der Waals surface area contributed by atoms with Gasteiger partial charge in [0.15, 0.2) is 0 Å². The summed E-state index contributed by atoms with van der Waals surface area (Å²) in [5.41, 5.74) is 1.38. The van der Waals surface area contributed by atoms with Crippen molar-refractivity contribution in [1.82, 2.24) is 4.98 Å². The van der Waals surface area contributed by atoms with Crippen LogP contribution in [0.1, 0.15) is 15.9 Å². The molecule has 0 atom stereocenters. The Kier molecular flexibility index (Phi) is 3.51. The van der Waals surface area contributed by atoms with Gasteiger partial charge in [0, 0.05) is 18.1 Å². The minimum atomic E-state index is -0.948. The van der Waals surface area contributed by atoms with E-state index in [1.807, 2.05) is 42.5 Å². The first-order chi connectivity index (χ1) is 10.3. The predicted molar refractivity (Wildman–Crippen MR) is 82.5 cm³/mol. The van der Waals surface area contributed by atoms with Crippen LogP contribution in [0.25, 0.3) is 10.8 Å². The third kappa shape index (κ3) is 2.69. The zero-order valence-corrected chi connectivity index (χ0v) is 11.3. The number of rotatable bonds is 4. The van der Waals surface area contributed by atoms with Crippen molar-refractivity contribution in [3.05, 3.63) is 71.9 Å². The van der Waals surface area contributed by atoms with Crippen LogP contribution in [0.2, 0.25) is 0 Å². The number of carboxylic acid groups (broad SMARTS) is 1. The van der Waals surface area contributed by atoms with E-state index in [0.717, 1.165) is 10.9 Å². The Morgan fingerprint density at radius 2 is 1.86 bits per heavy atom. The van der Waals surface area contributed by atoms with Crippen molar-refractivity contribution in [1.29, 1.82) is 0 Å². The maximum atomic E-state index is 11.4. The van der Waals surface area contributed by atoms with Gasteiger partial charge in [-0.2, -0.15) is 0 Å². The maximum absolute atomic E-state index is 11.4. The molecule has 21 heavy (non-hydrogen) atoms. The Labute approximate surface area is 122 Å². The van der Waals surface area contributed by atoms with Crippen LogP contribution in [0, 0.1) is 0 Å². The Morgan fingerprint density at radius 1 is 1.05 bits per heavy atom. The molecule has 0 aliphatic rings. The van der Waals surface area contributed by atoms with E-state index in [2.05, 4.69) is 10.3 Å². The van der Waals surface area contributed by atoms with Gasteiger partial charge in [-0.05, 0) is 23.1 Å². The van der Waals surface area contributed by atoms with E-state index in [4.69, 9.17) is 0 Å². The van der Waals surface area contributed by atoms with Crippen molar-refractivity contribution in [2.75, 3.05) is 5.32 Å². The van der Waals surface area contributed by atoms with Gasteiger partial charge in [-0.15, -0.1) is 0 Å². The van der Waals surface area contributed by atoms with Crippen LogP contribution in [0.5, 0.6) is 0 Å². The summed E-state index contributed by atoms with van der Waals surface area (Å²) in [5, 5.41) is 14.1. The van der Waals surface area contributed by atoms with Crippen LogP contribution in [0.3, 0.4) is 0 Å². The topological polar surface area (TPSA) is 62.2 Å². The lowest BCUT2D eigenvalue weighted by atomic mass is 10.1. The second-order valence-electron chi connectivity index (χ2n) is 4.71. The van der Waals surface area contributed by atoms with Crippen molar-refractivity contribution < 1.29 is 9.90 Å². The van der Waals surface area contributed by atoms with Crippen molar-refractivity contribution >= 4 is 22.6 Å². The van der Waals surface area contributed by atoms with E-state index in [9.17, 15) is 9.90 Å². The number of nitrogens with zero attached hydrogens (tertiary/aromatic N) is 1. The van der Waals surface area contributed by atoms with E-state index >= 15 is 0 Å². The van der Waals surface area contributed by atoms with Crippen molar-refractivity contribution in [2.24, 2.45) is 0 Å². The van der Waals surface area contributed by atoms with Crippen LogP contribution in [0.4, 0.5) is 5.82 Å². The van der Waals surface area contributed by atoms with Gasteiger partial charge in [-0.1, -0.05) is 42.5 Å². The molecule has 0 bridgehead atoms. The SMILES string of the molecule is O=C(O)c1cccc2ccnc(NCc3ccccc3)c12. The van der Waals surface area contributed by atoms with Crippen LogP contribution in [-0.4, -0.2) is 16.1 Å². The summed E-state index contributed by atoms with van der Waals surface area (Å²) in [7, 11) is 0. The number of benzene rings is 2. The van der Waals surface area contributed by atoms with Crippen molar-refractivity contribution in [3.8, 4) is 0 Å². The van der Waals surface area contributed by atoms with E-state index in [1.54, 1.807) is 18.3 Å². The lowest BCUT2D eigenvalue weighted by molar-refractivity contribution is 0.0699. The molecule has 1 heterocycles. The van der Waals surface area contributed by atoms with Crippen LogP contribution < -0.4 is 5.32 Å². The number of nitrogens with one attached hydrogen (secondary N) is 1. The molecule has 0 saturated carbocycles. The maximum Gasteiger partial charge on any atom is 0.336 e. The molecule has 1 aromatic heterocycles. The standard InChI is InChI=1S/C17H14N2O2/c20-17(21)14-8-4-7-13-9-10-18-16(15(13)14)19-11-12-5-2-1-3-6-12/h1-10H,11H2,(H,18,19)(H,20,21). The van der Waals surface area contributed by atoms with E-state index in [0.29, 0.717) is 17.7 Å². The Hall–Kier alpha value is -2.88. The Morgan fingerprint density at radius 3 is 2.62 bits per heavy atom. The molecule has 0 aliphatic carbocycles. The van der Waals surface area contributed by atoms with Crippen molar-refractivity contribution in [2.45, 2.75) is 6.54 Å². The zero-order chi connectivity index (χ0) is 14.7. The van der Waals surface area contributed by atoms with Crippen LogP contribution >= 0.6 is 0 Å². The van der Waals surface area contributed by atoms with Crippen LogP contribution in [0.15, 0.2) is 60.8 Å². The molecule has 0 unspecified atom stereocenters. The molecule has 2 N–H and O–H groups in total. The first-order valence-electron chi connectivity index (χ1n) is 6.64. The predicted octanol–water partition coefficient (Wildman–Crippen LogP) is 3.55. The average Bonchev–Trinajstić information content (AvgIpc) is 2.53. The second-order valence-corrected chi connectivity index (χ2v) is 4.71. The number of carbonyl (C=O) groups is 1. The highest BCUT2D eigenvalue weighted by Gasteiger charge is 2.12. The highest BCUT2D eigenvalue weighted by molar-refractivity contribution is 6.08. The minimum Gasteiger partial charge on any atom is -0.478 e. The molecule has 4 heteroatoms. The highest BCUT2D eigenvalue weighted by atomic mass is 16.4. The summed E-state index contributed by atoms with van der Waals surface area (Å²) in [6.45, 7) is 0.598. The molecule has 0 saturated heterocycles. The molecule has 0 spiro atoms. The van der Waals surface area contributed by atoms with Gasteiger partial charge in [-0.3, -0.25) is 0 Å². The fourth-order valence-corrected chi connectivity index (χ4v) is 2.32. The third-order valence-electron chi connectivity index (χ3n) is 3.32. The summed E-state index contributed by atoms with van der Waals surface area (Å²) in [5.74, 6) is -0.356. The Balaban J connectivity index is 2.00. The molecule has 4 nitrogen and oxygen atoms in total. The fourth-order valence-electron chi connectivity index (χ4n) is 2.32. The molecular weight excluding hydrogens is 264 g/mol. The average molecular weight is 278 g/mol. The van der Waals surface area contributed by atoms with Gasteiger partial charge in [0.05, 0.1) is 5.56 Å². The number of carboxylic acids is 1. The summed E-state index contributed by atoms with van der Waals surface area (Å²) in [6.07, 6.45) is 1.68. The number of aromatic carboxylic acids is 1. The number of pyridine rings is 1. The normalized spacial score (nSPS) is 10.5. The fraction of sp³-hybridized carbons (Fsp3) is 0.0588. The van der Waals surface area contributed by atoms with Gasteiger partial charge >= 0.3 is 5.97 Å². The first kappa shape index (κ1) is 13.1. The largest absolute Gasteiger partial charge is 0.478 e.